The van der Waals surface area contributed by atoms with Gasteiger partial charge in [0.25, 0.3) is 5.56 Å². The second kappa shape index (κ2) is 6.89. The van der Waals surface area contributed by atoms with E-state index in [1.165, 1.54) is 36.0 Å². The monoisotopic (exact) mass is 411 g/mol. The minimum absolute atomic E-state index is 0.0918. The van der Waals surface area contributed by atoms with E-state index >= 15 is 0 Å². The first-order valence-electron chi connectivity index (χ1n) is 11.0. The summed E-state index contributed by atoms with van der Waals surface area (Å²) in [6.07, 6.45) is 7.17. The topological polar surface area (TPSA) is 56.0 Å². The number of hydrogen-bond acceptors (Lipinski definition) is 4. The van der Waals surface area contributed by atoms with E-state index in [0.29, 0.717) is 11.9 Å². The van der Waals surface area contributed by atoms with Crippen molar-refractivity contribution in [2.45, 2.75) is 32.2 Å². The van der Waals surface area contributed by atoms with Gasteiger partial charge < -0.3 is 4.57 Å². The predicted molar refractivity (Wildman–Crippen MR) is 122 cm³/mol. The van der Waals surface area contributed by atoms with Gasteiger partial charge in [-0.05, 0) is 61.7 Å². The first-order chi connectivity index (χ1) is 15.1. The number of nitrogens with zero attached hydrogens (tertiary/aromatic N) is 5. The molecule has 0 aliphatic carbocycles. The quantitative estimate of drug-likeness (QED) is 0.504. The van der Waals surface area contributed by atoms with Crippen LogP contribution < -0.4 is 5.56 Å². The van der Waals surface area contributed by atoms with Gasteiger partial charge >= 0.3 is 0 Å². The number of pyridine rings is 3. The molecular weight excluding hydrogens is 386 g/mol. The van der Waals surface area contributed by atoms with Crippen molar-refractivity contribution in [3.63, 3.8) is 0 Å². The van der Waals surface area contributed by atoms with Crippen LogP contribution in [0.15, 0.2) is 53.6 Å². The molecule has 6 heteroatoms. The van der Waals surface area contributed by atoms with E-state index < -0.39 is 0 Å². The van der Waals surface area contributed by atoms with Crippen LogP contribution in [0.1, 0.15) is 35.8 Å². The Hall–Kier alpha value is -3.25. The highest BCUT2D eigenvalue weighted by atomic mass is 16.1. The zero-order valence-electron chi connectivity index (χ0n) is 17.9. The van der Waals surface area contributed by atoms with Gasteiger partial charge in [0.15, 0.2) is 0 Å². The summed E-state index contributed by atoms with van der Waals surface area (Å²) >= 11 is 0. The summed E-state index contributed by atoms with van der Waals surface area (Å²) in [5.41, 5.74) is 6.49. The first-order valence-corrected chi connectivity index (χ1v) is 11.0. The highest BCUT2D eigenvalue weighted by Crippen LogP contribution is 2.42. The second-order valence-corrected chi connectivity index (χ2v) is 8.72. The molecule has 1 atom stereocenters. The van der Waals surface area contributed by atoms with Crippen molar-refractivity contribution in [3.8, 4) is 16.9 Å². The summed E-state index contributed by atoms with van der Waals surface area (Å²) in [4.78, 5) is 24.8. The molecule has 6 rings (SSSR count). The van der Waals surface area contributed by atoms with Crippen LogP contribution in [0, 0.1) is 6.92 Å². The van der Waals surface area contributed by atoms with Crippen LogP contribution in [-0.4, -0.2) is 37.1 Å². The SMILES string of the molecule is Cc1ccc(-c2ccn(-c3ccc4c5c(n(C)c4n3)CCN3CCCC53)c(=O)c2)cn1. The molecule has 0 aromatic carbocycles. The van der Waals surface area contributed by atoms with Crippen molar-refractivity contribution in [1.29, 1.82) is 0 Å². The third-order valence-corrected chi connectivity index (χ3v) is 6.93. The van der Waals surface area contributed by atoms with Crippen LogP contribution in [0.2, 0.25) is 0 Å². The molecule has 0 N–H and O–H groups in total. The van der Waals surface area contributed by atoms with Gasteiger partial charge in [-0.15, -0.1) is 0 Å². The third kappa shape index (κ3) is 2.86. The lowest BCUT2D eigenvalue weighted by Crippen LogP contribution is -2.31. The lowest BCUT2D eigenvalue weighted by molar-refractivity contribution is 0.242. The maximum Gasteiger partial charge on any atom is 0.256 e. The molecule has 1 unspecified atom stereocenters. The zero-order valence-corrected chi connectivity index (χ0v) is 17.9. The molecule has 6 heterocycles. The first kappa shape index (κ1) is 18.5. The van der Waals surface area contributed by atoms with E-state index in [-0.39, 0.29) is 5.56 Å². The molecule has 2 aliphatic rings. The Kier molecular flexibility index (Phi) is 4.11. The van der Waals surface area contributed by atoms with Gasteiger partial charge in [-0.25, -0.2) is 4.98 Å². The van der Waals surface area contributed by atoms with Gasteiger partial charge in [0.1, 0.15) is 11.5 Å². The highest BCUT2D eigenvalue weighted by Gasteiger charge is 2.35. The van der Waals surface area contributed by atoms with Crippen molar-refractivity contribution in [3.05, 3.63) is 76.1 Å². The molecule has 0 spiro atoms. The molecule has 0 bridgehead atoms. The zero-order chi connectivity index (χ0) is 21.1. The highest BCUT2D eigenvalue weighted by molar-refractivity contribution is 5.84. The lowest BCUT2D eigenvalue weighted by Gasteiger charge is -2.30. The summed E-state index contributed by atoms with van der Waals surface area (Å²) in [5.74, 6) is 0.660. The van der Waals surface area contributed by atoms with Crippen molar-refractivity contribution in [2.24, 2.45) is 7.05 Å². The third-order valence-electron chi connectivity index (χ3n) is 6.93. The lowest BCUT2D eigenvalue weighted by atomic mass is 9.96. The molecule has 2 aliphatic heterocycles. The Morgan fingerprint density at radius 2 is 1.97 bits per heavy atom. The Morgan fingerprint density at radius 1 is 1.06 bits per heavy atom. The van der Waals surface area contributed by atoms with Gasteiger partial charge in [0, 0.05) is 66.9 Å². The normalized spacial score (nSPS) is 18.3. The van der Waals surface area contributed by atoms with Gasteiger partial charge in [-0.3, -0.25) is 19.2 Å². The fourth-order valence-corrected chi connectivity index (χ4v) is 5.33. The molecule has 31 heavy (non-hydrogen) atoms. The van der Waals surface area contributed by atoms with Crippen molar-refractivity contribution >= 4 is 11.0 Å². The van der Waals surface area contributed by atoms with Crippen molar-refractivity contribution < 1.29 is 0 Å². The summed E-state index contributed by atoms with van der Waals surface area (Å²) in [6.45, 7) is 4.28. The van der Waals surface area contributed by atoms with Crippen LogP contribution in [0.25, 0.3) is 28.0 Å². The Morgan fingerprint density at radius 3 is 2.77 bits per heavy atom. The van der Waals surface area contributed by atoms with Crippen molar-refractivity contribution in [1.82, 2.24) is 24.0 Å². The smallest absolute Gasteiger partial charge is 0.256 e. The van der Waals surface area contributed by atoms with Crippen molar-refractivity contribution in [2.75, 3.05) is 13.1 Å². The summed E-state index contributed by atoms with van der Waals surface area (Å²) in [7, 11) is 2.11. The maximum atomic E-state index is 12.9. The minimum Gasteiger partial charge on any atom is -0.332 e. The van der Waals surface area contributed by atoms with E-state index in [9.17, 15) is 4.79 Å². The number of aromatic nitrogens is 4. The van der Waals surface area contributed by atoms with E-state index in [2.05, 4.69) is 27.6 Å². The van der Waals surface area contributed by atoms with Crippen LogP contribution in [-0.2, 0) is 13.5 Å². The molecule has 1 saturated heterocycles. The van der Waals surface area contributed by atoms with E-state index in [4.69, 9.17) is 4.98 Å². The van der Waals surface area contributed by atoms with Gasteiger partial charge in [-0.2, -0.15) is 0 Å². The molecule has 0 saturated carbocycles. The molecule has 4 aromatic heterocycles. The number of hydrogen-bond donors (Lipinski definition) is 0. The number of fused-ring (bicyclic) bond motifs is 5. The second-order valence-electron chi connectivity index (χ2n) is 8.72. The summed E-state index contributed by atoms with van der Waals surface area (Å²) in [6, 6.07) is 12.2. The average Bonchev–Trinajstić information content (AvgIpc) is 3.37. The molecule has 4 aromatic rings. The van der Waals surface area contributed by atoms with Crippen LogP contribution in [0.4, 0.5) is 0 Å². The Labute approximate surface area is 180 Å². The number of rotatable bonds is 2. The molecule has 1 fully saturated rings. The molecule has 0 radical (unpaired) electrons. The van der Waals surface area contributed by atoms with E-state index in [1.54, 1.807) is 16.8 Å². The van der Waals surface area contributed by atoms with Gasteiger partial charge in [0.2, 0.25) is 0 Å². The largest absolute Gasteiger partial charge is 0.332 e. The predicted octanol–water partition coefficient (Wildman–Crippen LogP) is 3.79. The van der Waals surface area contributed by atoms with Gasteiger partial charge in [-0.1, -0.05) is 6.07 Å². The van der Waals surface area contributed by atoms with Crippen LogP contribution >= 0.6 is 0 Å². The summed E-state index contributed by atoms with van der Waals surface area (Å²) < 4.78 is 3.86. The fourth-order valence-electron chi connectivity index (χ4n) is 5.33. The maximum absolute atomic E-state index is 12.9. The van der Waals surface area contributed by atoms with Crippen LogP contribution in [0.3, 0.4) is 0 Å². The minimum atomic E-state index is -0.0918. The number of aryl methyl sites for hydroxylation is 2. The molecule has 0 amide bonds. The molecule has 156 valence electrons. The molecular formula is C25H25N5O. The van der Waals surface area contributed by atoms with Gasteiger partial charge in [0.05, 0.1) is 0 Å². The van der Waals surface area contributed by atoms with E-state index in [1.807, 2.05) is 37.4 Å². The van der Waals surface area contributed by atoms with Crippen LogP contribution in [0.5, 0.6) is 0 Å². The fraction of sp³-hybridized carbons (Fsp3) is 0.320. The van der Waals surface area contributed by atoms with E-state index in [0.717, 1.165) is 35.4 Å². The average molecular weight is 412 g/mol. The molecule has 6 nitrogen and oxygen atoms in total. The Bertz CT molecular complexity index is 1370. The summed E-state index contributed by atoms with van der Waals surface area (Å²) in [5, 5.41) is 1.23. The Balaban J connectivity index is 1.43. The standard InChI is InChI=1S/C25H25N5O/c1-16-5-6-18(15-26-16)17-9-13-30(23(31)14-17)22-8-7-19-24-20(28(2)25(19)27-22)10-12-29-11-3-4-21(24)29/h5-9,13-15,21H,3-4,10-12H2,1-2H3.